The summed E-state index contributed by atoms with van der Waals surface area (Å²) in [5, 5.41) is 0. The van der Waals surface area contributed by atoms with Gasteiger partial charge in [0.15, 0.2) is 0 Å². The zero-order valence-corrected chi connectivity index (χ0v) is 4.86. The minimum Gasteiger partial charge on any atom is -0.759 e. The fourth-order valence-corrected chi connectivity index (χ4v) is 0. The Morgan fingerprint density at radius 2 is 0.778 bits per heavy atom. The summed E-state index contributed by atoms with van der Waals surface area (Å²) in [7, 11) is -5.17. The second kappa shape index (κ2) is 10.6. The summed E-state index contributed by atoms with van der Waals surface area (Å²) >= 11 is 0. The Hall–Kier alpha value is -0.290. The lowest BCUT2D eigenvalue weighted by Gasteiger charge is -2.06. The molecular formula is H8O8S-2. The Labute approximate surface area is 50.9 Å². The summed E-state index contributed by atoms with van der Waals surface area (Å²) in [4.78, 5) is 0. The molecule has 0 rings (SSSR count). The molecule has 9 heavy (non-hydrogen) atoms. The van der Waals surface area contributed by atoms with Crippen molar-refractivity contribution in [2.75, 3.05) is 0 Å². The average molecular weight is 168 g/mol. The molecule has 9 heteroatoms. The molecule has 0 fully saturated rings. The Bertz CT molecular complexity index is 87.7. The lowest BCUT2D eigenvalue weighted by molar-refractivity contribution is 0.352. The standard InChI is InChI=1S/H2O4S.4H2O/c1-5(2,3)4;;;;/h(H2,1,2,3,4);4*1H2/p-2. The highest BCUT2D eigenvalue weighted by molar-refractivity contribution is 7.79. The van der Waals surface area contributed by atoms with Gasteiger partial charge < -0.3 is 31.0 Å². The summed E-state index contributed by atoms with van der Waals surface area (Å²) in [5.74, 6) is 0. The third-order valence-corrected chi connectivity index (χ3v) is 0. The van der Waals surface area contributed by atoms with Gasteiger partial charge in [-0.3, -0.25) is 8.42 Å². The zero-order chi connectivity index (χ0) is 4.50. The van der Waals surface area contributed by atoms with E-state index in [-0.39, 0.29) is 21.9 Å². The van der Waals surface area contributed by atoms with Crippen molar-refractivity contribution < 1.29 is 39.4 Å². The quantitative estimate of drug-likeness (QED) is 0.258. The Morgan fingerprint density at radius 3 is 0.778 bits per heavy atom. The van der Waals surface area contributed by atoms with E-state index in [9.17, 15) is 0 Å². The van der Waals surface area contributed by atoms with Gasteiger partial charge in [0.1, 0.15) is 0 Å². The van der Waals surface area contributed by atoms with Crippen LogP contribution in [-0.4, -0.2) is 39.4 Å². The van der Waals surface area contributed by atoms with Crippen molar-refractivity contribution in [3.05, 3.63) is 0 Å². The normalized spacial score (nSPS) is 6.44. The first-order valence-electron chi connectivity index (χ1n) is 0.667. The molecule has 0 saturated carbocycles. The lowest BCUT2D eigenvalue weighted by Crippen LogP contribution is -1.91. The smallest absolute Gasteiger partial charge is 0.0311 e. The predicted octanol–water partition coefficient (Wildman–Crippen LogP) is -4.64. The molecule has 8 N–H and O–H groups in total. The topological polar surface area (TPSA) is 206 Å². The fourth-order valence-electron chi connectivity index (χ4n) is 0. The molecular weight excluding hydrogens is 160 g/mol. The molecule has 0 aromatic carbocycles. The minimum absolute atomic E-state index is 0. The zero-order valence-electron chi connectivity index (χ0n) is 4.04. The van der Waals surface area contributed by atoms with Gasteiger partial charge in [-0.15, -0.1) is 0 Å². The van der Waals surface area contributed by atoms with E-state index in [4.69, 9.17) is 17.5 Å². The van der Waals surface area contributed by atoms with Crippen LogP contribution in [0, 0.1) is 0 Å². The predicted molar refractivity (Wildman–Crippen MR) is 24.9 cm³/mol. The van der Waals surface area contributed by atoms with E-state index < -0.39 is 10.4 Å². The van der Waals surface area contributed by atoms with Crippen LogP contribution in [0.25, 0.3) is 0 Å². The van der Waals surface area contributed by atoms with Crippen molar-refractivity contribution in [1.82, 2.24) is 0 Å². The number of hydrogen-bond donors (Lipinski definition) is 0. The average Bonchev–Trinajstić information content (AvgIpc) is 0.722. The van der Waals surface area contributed by atoms with Gasteiger partial charge in [-0.1, -0.05) is 0 Å². The summed E-state index contributed by atoms with van der Waals surface area (Å²) in [5.41, 5.74) is 0. The maximum atomic E-state index is 8.52. The molecule has 0 amide bonds. The SMILES string of the molecule is O.O.O.O.O=S(=O)([O-])[O-]. The molecule has 0 bridgehead atoms. The van der Waals surface area contributed by atoms with E-state index in [2.05, 4.69) is 0 Å². The third-order valence-electron chi connectivity index (χ3n) is 0. The number of hydrogen-bond acceptors (Lipinski definition) is 4. The van der Waals surface area contributed by atoms with Crippen molar-refractivity contribution >= 4 is 10.4 Å². The van der Waals surface area contributed by atoms with Crippen LogP contribution in [-0.2, 0) is 10.4 Å². The van der Waals surface area contributed by atoms with Gasteiger partial charge in [0.25, 0.3) is 0 Å². The molecule has 0 aliphatic rings. The van der Waals surface area contributed by atoms with Crippen LogP contribution in [0.15, 0.2) is 0 Å². The molecule has 0 aromatic rings. The van der Waals surface area contributed by atoms with Crippen molar-refractivity contribution in [1.29, 1.82) is 0 Å². The Morgan fingerprint density at radius 1 is 0.778 bits per heavy atom. The van der Waals surface area contributed by atoms with Gasteiger partial charge in [0, 0.05) is 10.4 Å². The monoisotopic (exact) mass is 168 g/mol. The molecule has 0 aliphatic heterocycles. The largest absolute Gasteiger partial charge is 0.759 e. The molecule has 0 aromatic heterocycles. The van der Waals surface area contributed by atoms with E-state index in [0.717, 1.165) is 0 Å². The summed E-state index contributed by atoms with van der Waals surface area (Å²) in [6, 6.07) is 0. The molecule has 0 saturated heterocycles. The molecule has 0 heterocycles. The van der Waals surface area contributed by atoms with E-state index in [1.165, 1.54) is 0 Å². The van der Waals surface area contributed by atoms with E-state index in [1.54, 1.807) is 0 Å². The van der Waals surface area contributed by atoms with Gasteiger partial charge in [-0.25, -0.2) is 0 Å². The first kappa shape index (κ1) is 37.6. The van der Waals surface area contributed by atoms with Crippen molar-refractivity contribution in [2.45, 2.75) is 0 Å². The summed E-state index contributed by atoms with van der Waals surface area (Å²) < 4.78 is 34.1. The van der Waals surface area contributed by atoms with E-state index in [0.29, 0.717) is 0 Å². The van der Waals surface area contributed by atoms with E-state index >= 15 is 0 Å². The van der Waals surface area contributed by atoms with Crippen molar-refractivity contribution in [3.8, 4) is 0 Å². The van der Waals surface area contributed by atoms with Crippen LogP contribution in [0.5, 0.6) is 0 Å². The first-order chi connectivity index (χ1) is 2.00. The molecule has 0 unspecified atom stereocenters. The van der Waals surface area contributed by atoms with Crippen LogP contribution in [0.4, 0.5) is 0 Å². The Kier molecular flexibility index (Phi) is 44.5. The van der Waals surface area contributed by atoms with Crippen molar-refractivity contribution in [3.63, 3.8) is 0 Å². The Balaban J connectivity index is -0.0000000133. The minimum atomic E-state index is -5.17. The molecule has 8 nitrogen and oxygen atoms in total. The van der Waals surface area contributed by atoms with Gasteiger partial charge in [-0.2, -0.15) is 0 Å². The molecule has 0 aliphatic carbocycles. The maximum absolute atomic E-state index is 8.52. The highest BCUT2D eigenvalue weighted by Crippen LogP contribution is 1.57. The van der Waals surface area contributed by atoms with Crippen LogP contribution in [0.2, 0.25) is 0 Å². The van der Waals surface area contributed by atoms with Crippen LogP contribution in [0.1, 0.15) is 0 Å². The second-order valence-corrected chi connectivity index (χ2v) is 1.22. The number of rotatable bonds is 0. The van der Waals surface area contributed by atoms with Crippen molar-refractivity contribution in [2.24, 2.45) is 0 Å². The highest BCUT2D eigenvalue weighted by atomic mass is 32.3. The van der Waals surface area contributed by atoms with Crippen LogP contribution in [0.3, 0.4) is 0 Å². The molecule has 0 atom stereocenters. The van der Waals surface area contributed by atoms with Crippen LogP contribution >= 0.6 is 0 Å². The highest BCUT2D eigenvalue weighted by Gasteiger charge is 1.49. The van der Waals surface area contributed by atoms with E-state index in [1.807, 2.05) is 0 Å². The molecule has 0 radical (unpaired) electrons. The molecule has 0 spiro atoms. The van der Waals surface area contributed by atoms with Gasteiger partial charge in [0.05, 0.1) is 0 Å². The fraction of sp³-hybridized carbons (Fsp3) is 0. The van der Waals surface area contributed by atoms with Gasteiger partial charge in [0.2, 0.25) is 0 Å². The first-order valence-corrected chi connectivity index (χ1v) is 2.00. The lowest BCUT2D eigenvalue weighted by atomic mass is 15.8. The maximum Gasteiger partial charge on any atom is 0.0311 e. The van der Waals surface area contributed by atoms with Crippen LogP contribution < -0.4 is 0 Å². The molecule has 64 valence electrons. The third kappa shape index (κ3) is 2990. The van der Waals surface area contributed by atoms with Gasteiger partial charge in [-0.05, 0) is 0 Å². The second-order valence-electron chi connectivity index (χ2n) is 0.408. The summed E-state index contributed by atoms with van der Waals surface area (Å²) in [6.07, 6.45) is 0. The summed E-state index contributed by atoms with van der Waals surface area (Å²) in [6.45, 7) is 0. The van der Waals surface area contributed by atoms with Gasteiger partial charge >= 0.3 is 0 Å².